The van der Waals surface area contributed by atoms with E-state index < -0.39 is 0 Å². The number of amides is 1. The van der Waals surface area contributed by atoms with Gasteiger partial charge in [0, 0.05) is 17.1 Å². The van der Waals surface area contributed by atoms with Crippen molar-refractivity contribution in [2.75, 3.05) is 18.6 Å². The van der Waals surface area contributed by atoms with Crippen molar-refractivity contribution in [1.29, 1.82) is 0 Å². The lowest BCUT2D eigenvalue weighted by molar-refractivity contribution is -0.120. The van der Waals surface area contributed by atoms with Crippen LogP contribution in [0.2, 0.25) is 0 Å². The van der Waals surface area contributed by atoms with Crippen LogP contribution in [0.25, 0.3) is 0 Å². The molecule has 2 aromatic heterocycles. The van der Waals surface area contributed by atoms with E-state index in [1.165, 1.54) is 0 Å². The van der Waals surface area contributed by atoms with Crippen molar-refractivity contribution in [2.45, 2.75) is 6.54 Å². The maximum atomic E-state index is 12.6. The normalized spacial score (nSPS) is 10.4. The molecule has 24 heavy (non-hydrogen) atoms. The molecule has 1 amide bonds. The Bertz CT molecular complexity index is 772. The highest BCUT2D eigenvalue weighted by atomic mass is 32.1. The number of H-pyrrole nitrogens is 1. The van der Waals surface area contributed by atoms with E-state index in [9.17, 15) is 4.79 Å². The highest BCUT2D eigenvalue weighted by Crippen LogP contribution is 2.21. The number of hydrogen-bond donors (Lipinski definition) is 1. The lowest BCUT2D eigenvalue weighted by atomic mass is 10.3. The zero-order valence-electron chi connectivity index (χ0n) is 13.1. The molecule has 0 aliphatic heterocycles. The van der Waals surface area contributed by atoms with Gasteiger partial charge in [0.1, 0.15) is 11.5 Å². The lowest BCUT2D eigenvalue weighted by Gasteiger charge is -2.20. The smallest absolute Gasteiger partial charge is 0.265 e. The first-order chi connectivity index (χ1) is 11.8. The molecule has 3 aromatic rings. The number of benzene rings is 1. The molecule has 124 valence electrons. The molecule has 7 heteroatoms. The fraction of sp³-hybridized carbons (Fsp3) is 0.176. The average molecular weight is 343 g/mol. The van der Waals surface area contributed by atoms with Gasteiger partial charge in [0.25, 0.3) is 5.91 Å². The molecule has 2 heterocycles. The molecule has 0 saturated heterocycles. The summed E-state index contributed by atoms with van der Waals surface area (Å²) in [5.41, 5.74) is 0.711. The quantitative estimate of drug-likeness (QED) is 0.716. The zero-order chi connectivity index (χ0) is 16.8. The van der Waals surface area contributed by atoms with Crippen LogP contribution in [0.15, 0.2) is 54.2 Å². The number of aromatic nitrogens is 2. The van der Waals surface area contributed by atoms with Crippen molar-refractivity contribution >= 4 is 22.9 Å². The van der Waals surface area contributed by atoms with Gasteiger partial charge in [-0.1, -0.05) is 12.1 Å². The van der Waals surface area contributed by atoms with E-state index in [0.717, 1.165) is 4.88 Å². The molecule has 0 radical (unpaired) electrons. The number of carbonyl (C=O) groups excluding carboxylic acids is 1. The summed E-state index contributed by atoms with van der Waals surface area (Å²) in [6, 6.07) is 11.1. The van der Waals surface area contributed by atoms with Crippen LogP contribution >= 0.6 is 11.3 Å². The third-order valence-corrected chi connectivity index (χ3v) is 4.26. The minimum absolute atomic E-state index is 0.0658. The van der Waals surface area contributed by atoms with E-state index in [-0.39, 0.29) is 12.5 Å². The topological polar surface area (TPSA) is 67.5 Å². The molecule has 0 aliphatic carbocycles. The maximum absolute atomic E-state index is 12.6. The van der Waals surface area contributed by atoms with E-state index in [1.54, 1.807) is 47.9 Å². The summed E-state index contributed by atoms with van der Waals surface area (Å²) in [5.74, 6) is 1.13. The number of hydrogen-bond acceptors (Lipinski definition) is 5. The fourth-order valence-electron chi connectivity index (χ4n) is 2.19. The number of carbonyl (C=O) groups is 1. The summed E-state index contributed by atoms with van der Waals surface area (Å²) in [5, 5.41) is 8.64. The second-order valence-corrected chi connectivity index (χ2v) is 6.02. The van der Waals surface area contributed by atoms with Crippen molar-refractivity contribution in [3.05, 3.63) is 59.0 Å². The van der Waals surface area contributed by atoms with Gasteiger partial charge in [0.05, 0.1) is 25.5 Å². The molecule has 0 saturated carbocycles. The average Bonchev–Trinajstić information content (AvgIpc) is 3.31. The molecular formula is C17H17N3O3S. The second-order valence-electron chi connectivity index (χ2n) is 4.98. The van der Waals surface area contributed by atoms with E-state index in [1.807, 2.05) is 29.6 Å². The van der Waals surface area contributed by atoms with Gasteiger partial charge in [-0.15, -0.1) is 11.3 Å². The summed E-state index contributed by atoms with van der Waals surface area (Å²) in [6.45, 7) is 0.418. The standard InChI is InChI=1S/C17H17N3O3S/c1-22-14-4-2-5-15(8-14)23-12-17(21)20(13-9-18-19-10-13)11-16-6-3-7-24-16/h2-10H,11-12H2,1H3,(H,18,19). The molecule has 0 unspecified atom stereocenters. The Kier molecular flexibility index (Phi) is 5.12. The second kappa shape index (κ2) is 7.65. The summed E-state index contributed by atoms with van der Waals surface area (Å²) in [6.07, 6.45) is 3.31. The molecule has 3 rings (SSSR count). The van der Waals surface area contributed by atoms with Crippen molar-refractivity contribution < 1.29 is 14.3 Å². The third kappa shape index (κ3) is 3.94. The number of ether oxygens (including phenoxy) is 2. The number of thiophene rings is 1. The zero-order valence-corrected chi connectivity index (χ0v) is 14.0. The number of methoxy groups -OCH3 is 1. The number of aromatic amines is 1. The maximum Gasteiger partial charge on any atom is 0.265 e. The van der Waals surface area contributed by atoms with Gasteiger partial charge in [-0.2, -0.15) is 5.10 Å². The van der Waals surface area contributed by atoms with Crippen LogP contribution in [0.1, 0.15) is 4.88 Å². The van der Waals surface area contributed by atoms with Crippen LogP contribution in [0, 0.1) is 0 Å². The van der Waals surface area contributed by atoms with Crippen LogP contribution in [-0.4, -0.2) is 29.8 Å². The van der Waals surface area contributed by atoms with Crippen LogP contribution in [0.3, 0.4) is 0 Å². The van der Waals surface area contributed by atoms with Crippen LogP contribution in [0.4, 0.5) is 5.69 Å². The number of nitrogens with one attached hydrogen (secondary N) is 1. The van der Waals surface area contributed by atoms with Gasteiger partial charge >= 0.3 is 0 Å². The van der Waals surface area contributed by atoms with Gasteiger partial charge in [0.15, 0.2) is 6.61 Å². The summed E-state index contributed by atoms with van der Waals surface area (Å²) in [4.78, 5) is 15.4. The van der Waals surface area contributed by atoms with Crippen LogP contribution < -0.4 is 14.4 Å². The van der Waals surface area contributed by atoms with E-state index >= 15 is 0 Å². The minimum Gasteiger partial charge on any atom is -0.497 e. The summed E-state index contributed by atoms with van der Waals surface area (Å²) >= 11 is 1.60. The molecule has 1 aromatic carbocycles. The predicted octanol–water partition coefficient (Wildman–Crippen LogP) is 3.09. The Morgan fingerprint density at radius 3 is 2.88 bits per heavy atom. The molecule has 0 aliphatic rings. The highest BCUT2D eigenvalue weighted by molar-refractivity contribution is 7.09. The Hall–Kier alpha value is -2.80. The van der Waals surface area contributed by atoms with Crippen molar-refractivity contribution in [3.63, 3.8) is 0 Å². The first-order valence-corrected chi connectivity index (χ1v) is 8.22. The molecule has 0 spiro atoms. The first kappa shape index (κ1) is 16.1. The Morgan fingerprint density at radius 1 is 1.29 bits per heavy atom. The SMILES string of the molecule is COc1cccc(OCC(=O)N(Cc2cccs2)c2cn[nH]c2)c1. The largest absolute Gasteiger partial charge is 0.497 e. The molecule has 1 N–H and O–H groups in total. The van der Waals surface area contributed by atoms with Gasteiger partial charge in [-0.25, -0.2) is 0 Å². The number of nitrogens with zero attached hydrogens (tertiary/aromatic N) is 2. The van der Waals surface area contributed by atoms with Crippen molar-refractivity contribution in [2.24, 2.45) is 0 Å². The van der Waals surface area contributed by atoms with Gasteiger partial charge in [-0.05, 0) is 23.6 Å². The van der Waals surface area contributed by atoms with Crippen molar-refractivity contribution in [1.82, 2.24) is 10.2 Å². The lowest BCUT2D eigenvalue weighted by Crippen LogP contribution is -2.34. The van der Waals surface area contributed by atoms with Gasteiger partial charge in [0.2, 0.25) is 0 Å². The molecule has 6 nitrogen and oxygen atoms in total. The predicted molar refractivity (Wildman–Crippen MR) is 92.6 cm³/mol. The molecular weight excluding hydrogens is 326 g/mol. The third-order valence-electron chi connectivity index (χ3n) is 3.39. The molecule has 0 atom stereocenters. The minimum atomic E-state index is -0.146. The highest BCUT2D eigenvalue weighted by Gasteiger charge is 2.18. The Labute approximate surface area is 143 Å². The summed E-state index contributed by atoms with van der Waals surface area (Å²) in [7, 11) is 1.59. The summed E-state index contributed by atoms with van der Waals surface area (Å²) < 4.78 is 10.8. The van der Waals surface area contributed by atoms with Crippen LogP contribution in [-0.2, 0) is 11.3 Å². The van der Waals surface area contributed by atoms with E-state index in [2.05, 4.69) is 10.2 Å². The van der Waals surface area contributed by atoms with E-state index in [4.69, 9.17) is 9.47 Å². The fourth-order valence-corrected chi connectivity index (χ4v) is 2.88. The number of anilines is 1. The monoisotopic (exact) mass is 343 g/mol. The molecule has 0 fully saturated rings. The van der Waals surface area contributed by atoms with Crippen molar-refractivity contribution in [3.8, 4) is 11.5 Å². The Balaban J connectivity index is 1.69. The van der Waals surface area contributed by atoms with Crippen LogP contribution in [0.5, 0.6) is 11.5 Å². The van der Waals surface area contributed by atoms with Gasteiger partial charge < -0.3 is 14.4 Å². The van der Waals surface area contributed by atoms with E-state index in [0.29, 0.717) is 23.7 Å². The van der Waals surface area contributed by atoms with Gasteiger partial charge in [-0.3, -0.25) is 9.89 Å². The Morgan fingerprint density at radius 2 is 2.17 bits per heavy atom. The number of rotatable bonds is 7. The first-order valence-electron chi connectivity index (χ1n) is 7.34. The molecule has 0 bridgehead atoms.